The molecule has 0 bridgehead atoms. The Labute approximate surface area is 156 Å². The van der Waals surface area contributed by atoms with E-state index in [1.54, 1.807) is 24.8 Å². The number of aryl methyl sites for hydroxylation is 1. The topological polar surface area (TPSA) is 86.6 Å². The van der Waals surface area contributed by atoms with Crippen molar-refractivity contribution in [2.75, 3.05) is 0 Å². The summed E-state index contributed by atoms with van der Waals surface area (Å²) in [4.78, 5) is 11.1. The Balaban J connectivity index is 1.70. The number of benzene rings is 1. The number of rotatable bonds is 7. The molecule has 1 aromatic carbocycles. The molecule has 0 amide bonds. The van der Waals surface area contributed by atoms with E-state index in [0.717, 1.165) is 28.1 Å². The van der Waals surface area contributed by atoms with Crippen molar-refractivity contribution in [3.05, 3.63) is 76.1 Å². The van der Waals surface area contributed by atoms with E-state index < -0.39 is 0 Å². The molecule has 7 heteroatoms. The second-order valence-corrected chi connectivity index (χ2v) is 6.28. The number of halogens is 1. The van der Waals surface area contributed by atoms with Crippen LogP contribution < -0.4 is 10.1 Å². The normalized spacial score (nSPS) is 10.5. The van der Waals surface area contributed by atoms with Crippen LogP contribution in [0.2, 0.25) is 5.02 Å². The van der Waals surface area contributed by atoms with Crippen LogP contribution in [0.15, 0.2) is 43.1 Å². The van der Waals surface area contributed by atoms with Crippen LogP contribution >= 0.6 is 11.6 Å². The molecule has 2 N–H and O–H groups in total. The van der Waals surface area contributed by atoms with E-state index in [4.69, 9.17) is 21.6 Å². The fraction of sp³-hybridized carbons (Fsp3) is 0.211. The Bertz CT molecular complexity index is 918. The first-order valence-corrected chi connectivity index (χ1v) is 8.47. The molecule has 6 nitrogen and oxygen atoms in total. The minimum absolute atomic E-state index is 0.330. The van der Waals surface area contributed by atoms with E-state index in [9.17, 15) is 0 Å². The molecule has 0 spiro atoms. The Kier molecular flexibility index (Phi) is 5.84. The van der Waals surface area contributed by atoms with Gasteiger partial charge in [0.15, 0.2) is 0 Å². The Hall–Kier alpha value is -2.88. The number of hydrogen-bond acceptors (Lipinski definition) is 5. The van der Waals surface area contributed by atoms with Crippen LogP contribution in [0.4, 0.5) is 0 Å². The summed E-state index contributed by atoms with van der Waals surface area (Å²) in [6, 6.07) is 7.69. The quantitative estimate of drug-likeness (QED) is 0.667. The maximum atomic E-state index is 8.97. The van der Waals surface area contributed by atoms with Crippen LogP contribution in [0.5, 0.6) is 5.75 Å². The lowest BCUT2D eigenvalue weighted by atomic mass is 10.1. The zero-order chi connectivity index (χ0) is 18.4. The second kappa shape index (κ2) is 8.48. The molecule has 0 atom stereocenters. The van der Waals surface area contributed by atoms with Gasteiger partial charge in [0.1, 0.15) is 18.4 Å². The average Bonchev–Trinajstić information content (AvgIpc) is 3.17. The first-order valence-electron chi connectivity index (χ1n) is 8.09. The van der Waals surface area contributed by atoms with Gasteiger partial charge in [-0.3, -0.25) is 4.98 Å². The van der Waals surface area contributed by atoms with Gasteiger partial charge < -0.3 is 15.0 Å². The molecule has 0 aliphatic carbocycles. The van der Waals surface area contributed by atoms with E-state index >= 15 is 0 Å². The van der Waals surface area contributed by atoms with Crippen LogP contribution in [-0.2, 0) is 19.7 Å². The van der Waals surface area contributed by atoms with Crippen molar-refractivity contribution in [2.24, 2.45) is 0 Å². The zero-order valence-electron chi connectivity index (χ0n) is 14.3. The Morgan fingerprint density at radius 1 is 1.19 bits per heavy atom. The van der Waals surface area contributed by atoms with E-state index in [-0.39, 0.29) is 0 Å². The first-order chi connectivity index (χ1) is 12.7. The molecule has 132 valence electrons. The highest BCUT2D eigenvalue weighted by atomic mass is 35.5. The van der Waals surface area contributed by atoms with Gasteiger partial charge in [-0.2, -0.15) is 5.26 Å². The maximum absolute atomic E-state index is 8.97. The van der Waals surface area contributed by atoms with Gasteiger partial charge in [-0.1, -0.05) is 11.6 Å². The van der Waals surface area contributed by atoms with Gasteiger partial charge in [0.05, 0.1) is 11.9 Å². The molecule has 2 heterocycles. The second-order valence-electron chi connectivity index (χ2n) is 5.87. The minimum Gasteiger partial charge on any atom is -0.489 e. The lowest BCUT2D eigenvalue weighted by Gasteiger charge is -2.14. The lowest BCUT2D eigenvalue weighted by Crippen LogP contribution is -2.14. The smallest absolute Gasteiger partial charge is 0.124 e. The van der Waals surface area contributed by atoms with Crippen LogP contribution in [-0.4, -0.2) is 15.0 Å². The van der Waals surface area contributed by atoms with E-state index in [0.29, 0.717) is 30.3 Å². The van der Waals surface area contributed by atoms with Gasteiger partial charge >= 0.3 is 0 Å². The summed E-state index contributed by atoms with van der Waals surface area (Å²) >= 11 is 6.28. The standard InChI is InChI=1S/C19H18ClN5O/c1-13-2-19(26-11-15-3-14(5-21)6-22-7-15)16(4-18(13)20)8-23-9-17-10-24-12-25-17/h2-4,6-7,10,12,23H,8-9,11H2,1H3,(H,24,25). The minimum atomic E-state index is 0.330. The highest BCUT2D eigenvalue weighted by Crippen LogP contribution is 2.27. The summed E-state index contributed by atoms with van der Waals surface area (Å²) in [5, 5.41) is 13.0. The number of hydrogen-bond donors (Lipinski definition) is 2. The summed E-state index contributed by atoms with van der Waals surface area (Å²) < 4.78 is 5.98. The van der Waals surface area contributed by atoms with E-state index in [1.165, 1.54) is 6.20 Å². The van der Waals surface area contributed by atoms with Crippen molar-refractivity contribution in [2.45, 2.75) is 26.6 Å². The van der Waals surface area contributed by atoms with Gasteiger partial charge in [0.2, 0.25) is 0 Å². The molecular weight excluding hydrogens is 350 g/mol. The number of nitrogens with zero attached hydrogens (tertiary/aromatic N) is 3. The van der Waals surface area contributed by atoms with E-state index in [1.807, 2.05) is 19.1 Å². The lowest BCUT2D eigenvalue weighted by molar-refractivity contribution is 0.301. The molecule has 0 unspecified atom stereocenters. The molecule has 0 aliphatic rings. The predicted octanol–water partition coefficient (Wildman–Crippen LogP) is 3.51. The molecule has 3 rings (SSSR count). The van der Waals surface area contributed by atoms with Crippen molar-refractivity contribution in [1.29, 1.82) is 5.26 Å². The fourth-order valence-electron chi connectivity index (χ4n) is 2.47. The van der Waals surface area contributed by atoms with Gasteiger partial charge in [-0.25, -0.2) is 4.98 Å². The summed E-state index contributed by atoms with van der Waals surface area (Å²) in [6.45, 7) is 3.54. The highest BCUT2D eigenvalue weighted by Gasteiger charge is 2.09. The van der Waals surface area contributed by atoms with Crippen LogP contribution in [0.1, 0.15) is 27.9 Å². The van der Waals surface area contributed by atoms with Gasteiger partial charge in [-0.05, 0) is 30.7 Å². The summed E-state index contributed by atoms with van der Waals surface area (Å²) in [5.74, 6) is 0.756. The van der Waals surface area contributed by atoms with Crippen molar-refractivity contribution in [1.82, 2.24) is 20.3 Å². The fourth-order valence-corrected chi connectivity index (χ4v) is 2.66. The number of aromatic nitrogens is 3. The van der Waals surface area contributed by atoms with Crippen LogP contribution in [0.3, 0.4) is 0 Å². The summed E-state index contributed by atoms with van der Waals surface area (Å²) in [5.41, 5.74) is 4.27. The van der Waals surface area contributed by atoms with Crippen molar-refractivity contribution in [3.63, 3.8) is 0 Å². The Morgan fingerprint density at radius 3 is 2.85 bits per heavy atom. The van der Waals surface area contributed by atoms with Gasteiger partial charge in [0, 0.05) is 53.5 Å². The van der Waals surface area contributed by atoms with Crippen molar-refractivity contribution < 1.29 is 4.74 Å². The van der Waals surface area contributed by atoms with Crippen LogP contribution in [0, 0.1) is 18.3 Å². The number of nitrogens with one attached hydrogen (secondary N) is 2. The molecule has 3 aromatic rings. The van der Waals surface area contributed by atoms with Gasteiger partial charge in [-0.15, -0.1) is 0 Å². The number of imidazole rings is 1. The third-order valence-corrected chi connectivity index (χ3v) is 4.25. The monoisotopic (exact) mass is 367 g/mol. The van der Waals surface area contributed by atoms with Crippen LogP contribution in [0.25, 0.3) is 0 Å². The number of H-pyrrole nitrogens is 1. The molecule has 0 radical (unpaired) electrons. The average molecular weight is 368 g/mol. The molecule has 0 fully saturated rings. The highest BCUT2D eigenvalue weighted by molar-refractivity contribution is 6.31. The largest absolute Gasteiger partial charge is 0.489 e. The van der Waals surface area contributed by atoms with Crippen molar-refractivity contribution in [3.8, 4) is 11.8 Å². The Morgan fingerprint density at radius 2 is 2.08 bits per heavy atom. The van der Waals surface area contributed by atoms with Gasteiger partial charge in [0.25, 0.3) is 0 Å². The summed E-state index contributed by atoms with van der Waals surface area (Å²) in [6.07, 6.45) is 6.65. The molecule has 2 aromatic heterocycles. The number of nitriles is 1. The number of ether oxygens (including phenoxy) is 1. The predicted molar refractivity (Wildman–Crippen MR) is 98.6 cm³/mol. The van der Waals surface area contributed by atoms with E-state index in [2.05, 4.69) is 26.3 Å². The first kappa shape index (κ1) is 17.9. The molecular formula is C19H18ClN5O. The number of aromatic amines is 1. The van der Waals surface area contributed by atoms with Crippen molar-refractivity contribution >= 4 is 11.6 Å². The molecule has 0 saturated carbocycles. The molecule has 0 aliphatic heterocycles. The maximum Gasteiger partial charge on any atom is 0.124 e. The third-order valence-electron chi connectivity index (χ3n) is 3.85. The number of pyridine rings is 1. The zero-order valence-corrected chi connectivity index (χ0v) is 15.0. The summed E-state index contributed by atoms with van der Waals surface area (Å²) in [7, 11) is 0. The SMILES string of the molecule is Cc1cc(OCc2cncc(C#N)c2)c(CNCc2cnc[nH]2)cc1Cl. The molecule has 26 heavy (non-hydrogen) atoms. The molecule has 0 saturated heterocycles. The third kappa shape index (κ3) is 4.60.